The lowest BCUT2D eigenvalue weighted by Gasteiger charge is -2.37. The van der Waals surface area contributed by atoms with Crippen molar-refractivity contribution in [3.8, 4) is 0 Å². The maximum Gasteiger partial charge on any atom is 0.230 e. The second-order valence-corrected chi connectivity index (χ2v) is 7.03. The maximum absolute atomic E-state index is 12.1. The van der Waals surface area contributed by atoms with Crippen LogP contribution in [0.1, 0.15) is 18.4 Å². The van der Waals surface area contributed by atoms with Crippen molar-refractivity contribution < 1.29 is 9.53 Å². The molecule has 130 valence electrons. The first-order valence-electron chi connectivity index (χ1n) is 7.80. The van der Waals surface area contributed by atoms with E-state index in [9.17, 15) is 4.79 Å². The number of hydrogen-bond acceptors (Lipinski definition) is 4. The fraction of sp³-hybridized carbons (Fsp3) is 0.588. The van der Waals surface area contributed by atoms with Crippen molar-refractivity contribution in [2.45, 2.75) is 24.7 Å². The summed E-state index contributed by atoms with van der Waals surface area (Å²) in [5.41, 5.74) is 1.30. The third-order valence-corrected chi connectivity index (χ3v) is 5.40. The van der Waals surface area contributed by atoms with Crippen LogP contribution in [0, 0.1) is 12.3 Å². The number of carbonyl (C=O) groups is 1. The van der Waals surface area contributed by atoms with Crippen LogP contribution in [0.3, 0.4) is 0 Å². The van der Waals surface area contributed by atoms with E-state index in [1.165, 1.54) is 10.5 Å². The van der Waals surface area contributed by atoms with Crippen molar-refractivity contribution in [1.29, 1.82) is 0 Å². The molecule has 6 heteroatoms. The summed E-state index contributed by atoms with van der Waals surface area (Å²) in [4.78, 5) is 13.3. The van der Waals surface area contributed by atoms with Crippen LogP contribution in [0.25, 0.3) is 0 Å². The molecule has 1 aromatic rings. The SMILES string of the molecule is COCC1(CNC(=O)CSc2ccccc2C)CCNCC1.Cl. The van der Waals surface area contributed by atoms with Crippen LogP contribution in [0.5, 0.6) is 0 Å². The molecular formula is C17H27ClN2O2S. The van der Waals surface area contributed by atoms with E-state index in [4.69, 9.17) is 4.74 Å². The second-order valence-electron chi connectivity index (χ2n) is 6.01. The molecule has 0 unspecified atom stereocenters. The fourth-order valence-corrected chi connectivity index (χ4v) is 3.69. The van der Waals surface area contributed by atoms with Gasteiger partial charge in [-0.05, 0) is 44.5 Å². The summed E-state index contributed by atoms with van der Waals surface area (Å²) in [6, 6.07) is 8.16. The average Bonchev–Trinajstić information content (AvgIpc) is 2.53. The number of hydrogen-bond donors (Lipinski definition) is 2. The number of carbonyl (C=O) groups excluding carboxylic acids is 1. The number of methoxy groups -OCH3 is 1. The van der Waals surface area contributed by atoms with E-state index in [1.54, 1.807) is 18.9 Å². The van der Waals surface area contributed by atoms with Gasteiger partial charge in [-0.2, -0.15) is 0 Å². The molecular weight excluding hydrogens is 332 g/mol. The summed E-state index contributed by atoms with van der Waals surface area (Å²) in [6.45, 7) is 5.48. The zero-order valence-corrected chi connectivity index (χ0v) is 15.5. The van der Waals surface area contributed by atoms with Crippen molar-refractivity contribution in [3.63, 3.8) is 0 Å². The van der Waals surface area contributed by atoms with E-state index < -0.39 is 0 Å². The van der Waals surface area contributed by atoms with Crippen LogP contribution < -0.4 is 10.6 Å². The fourth-order valence-electron chi connectivity index (χ4n) is 2.83. The van der Waals surface area contributed by atoms with Crippen LogP contribution in [0.2, 0.25) is 0 Å². The molecule has 0 aromatic heterocycles. The first-order valence-corrected chi connectivity index (χ1v) is 8.79. The predicted molar refractivity (Wildman–Crippen MR) is 98.6 cm³/mol. The highest BCUT2D eigenvalue weighted by Gasteiger charge is 2.32. The van der Waals surface area contributed by atoms with Gasteiger partial charge in [0.25, 0.3) is 0 Å². The smallest absolute Gasteiger partial charge is 0.230 e. The van der Waals surface area contributed by atoms with E-state index in [2.05, 4.69) is 29.7 Å². The van der Waals surface area contributed by atoms with Crippen molar-refractivity contribution in [2.75, 3.05) is 39.1 Å². The minimum absolute atomic E-state index is 0. The molecule has 0 atom stereocenters. The second kappa shape index (κ2) is 10.2. The van der Waals surface area contributed by atoms with E-state index >= 15 is 0 Å². The molecule has 1 amide bonds. The molecule has 1 saturated heterocycles. The Bertz CT molecular complexity index is 488. The lowest BCUT2D eigenvalue weighted by atomic mass is 9.79. The monoisotopic (exact) mass is 358 g/mol. The van der Waals surface area contributed by atoms with Gasteiger partial charge in [-0.1, -0.05) is 18.2 Å². The standard InChI is InChI=1S/C17H26N2O2S.ClH/c1-14-5-3-4-6-15(14)22-11-16(20)19-12-17(13-21-2)7-9-18-10-8-17;/h3-6,18H,7-13H2,1-2H3,(H,19,20);1H. The Kier molecular flexibility index (Phi) is 8.99. The Balaban J connectivity index is 0.00000264. The molecule has 1 aromatic carbocycles. The van der Waals surface area contributed by atoms with E-state index in [0.717, 1.165) is 25.9 Å². The molecule has 1 aliphatic heterocycles. The summed E-state index contributed by atoms with van der Waals surface area (Å²) >= 11 is 1.60. The summed E-state index contributed by atoms with van der Waals surface area (Å²) in [5, 5.41) is 6.47. The number of rotatable bonds is 7. The van der Waals surface area contributed by atoms with E-state index in [-0.39, 0.29) is 23.7 Å². The molecule has 1 aliphatic rings. The van der Waals surface area contributed by atoms with Gasteiger partial charge in [-0.15, -0.1) is 24.2 Å². The number of thioether (sulfide) groups is 1. The first-order chi connectivity index (χ1) is 10.7. The minimum atomic E-state index is 0. The molecule has 4 nitrogen and oxygen atoms in total. The van der Waals surface area contributed by atoms with Crippen molar-refractivity contribution >= 4 is 30.1 Å². The number of amides is 1. The van der Waals surface area contributed by atoms with Crippen LogP contribution in [-0.2, 0) is 9.53 Å². The van der Waals surface area contributed by atoms with Gasteiger partial charge in [0.2, 0.25) is 5.91 Å². The van der Waals surface area contributed by atoms with Gasteiger partial charge < -0.3 is 15.4 Å². The molecule has 1 fully saturated rings. The molecule has 2 N–H and O–H groups in total. The average molecular weight is 359 g/mol. The molecule has 0 saturated carbocycles. The van der Waals surface area contributed by atoms with Crippen molar-refractivity contribution in [1.82, 2.24) is 10.6 Å². The lowest BCUT2D eigenvalue weighted by molar-refractivity contribution is -0.119. The molecule has 0 aliphatic carbocycles. The van der Waals surface area contributed by atoms with Crippen LogP contribution >= 0.6 is 24.2 Å². The highest BCUT2D eigenvalue weighted by atomic mass is 35.5. The third kappa shape index (κ3) is 6.34. The van der Waals surface area contributed by atoms with Gasteiger partial charge in [0.15, 0.2) is 0 Å². The number of halogens is 1. The van der Waals surface area contributed by atoms with Gasteiger partial charge >= 0.3 is 0 Å². The Hall–Kier alpha value is -0.750. The number of benzene rings is 1. The van der Waals surface area contributed by atoms with E-state index in [1.807, 2.05) is 12.1 Å². The highest BCUT2D eigenvalue weighted by Crippen LogP contribution is 2.28. The van der Waals surface area contributed by atoms with Crippen LogP contribution in [-0.4, -0.2) is 45.0 Å². The summed E-state index contributed by atoms with van der Waals surface area (Å²) < 4.78 is 5.38. The number of ether oxygens (including phenoxy) is 1. The molecule has 0 bridgehead atoms. The predicted octanol–water partition coefficient (Wildman–Crippen LogP) is 2.64. The Morgan fingerprint density at radius 3 is 2.70 bits per heavy atom. The maximum atomic E-state index is 12.1. The zero-order valence-electron chi connectivity index (χ0n) is 13.9. The molecule has 0 spiro atoms. The first kappa shape index (κ1) is 20.3. The zero-order chi connectivity index (χ0) is 15.8. The lowest BCUT2D eigenvalue weighted by Crippen LogP contribution is -2.47. The number of nitrogens with one attached hydrogen (secondary N) is 2. The van der Waals surface area contributed by atoms with Gasteiger partial charge in [0.05, 0.1) is 12.4 Å². The van der Waals surface area contributed by atoms with Gasteiger partial charge in [-0.3, -0.25) is 4.79 Å². The number of piperidine rings is 1. The largest absolute Gasteiger partial charge is 0.384 e. The van der Waals surface area contributed by atoms with Crippen LogP contribution in [0.4, 0.5) is 0 Å². The minimum Gasteiger partial charge on any atom is -0.384 e. The molecule has 1 heterocycles. The summed E-state index contributed by atoms with van der Waals surface area (Å²) in [6.07, 6.45) is 2.10. The highest BCUT2D eigenvalue weighted by molar-refractivity contribution is 8.00. The molecule has 23 heavy (non-hydrogen) atoms. The summed E-state index contributed by atoms with van der Waals surface area (Å²) in [7, 11) is 1.74. The van der Waals surface area contributed by atoms with Gasteiger partial charge in [-0.25, -0.2) is 0 Å². The molecule has 0 radical (unpaired) electrons. The van der Waals surface area contributed by atoms with Crippen molar-refractivity contribution in [3.05, 3.63) is 29.8 Å². The van der Waals surface area contributed by atoms with Gasteiger partial charge in [0.1, 0.15) is 0 Å². The topological polar surface area (TPSA) is 50.4 Å². The number of aryl methyl sites for hydroxylation is 1. The van der Waals surface area contributed by atoms with Crippen LogP contribution in [0.15, 0.2) is 29.2 Å². The third-order valence-electron chi connectivity index (χ3n) is 4.23. The van der Waals surface area contributed by atoms with E-state index in [0.29, 0.717) is 18.9 Å². The summed E-state index contributed by atoms with van der Waals surface area (Å²) in [5.74, 6) is 0.564. The van der Waals surface area contributed by atoms with Crippen molar-refractivity contribution in [2.24, 2.45) is 5.41 Å². The Labute approximate surface area is 149 Å². The normalized spacial score (nSPS) is 16.4. The quantitative estimate of drug-likeness (QED) is 0.736. The molecule has 2 rings (SSSR count). The Morgan fingerprint density at radius 2 is 2.04 bits per heavy atom. The Morgan fingerprint density at radius 1 is 1.35 bits per heavy atom. The van der Waals surface area contributed by atoms with Gasteiger partial charge in [0, 0.05) is 24.0 Å².